The van der Waals surface area contributed by atoms with Crippen LogP contribution >= 0.6 is 0 Å². The Morgan fingerprint density at radius 3 is 2.35 bits per heavy atom. The second-order valence-corrected chi connectivity index (χ2v) is 9.19. The molecule has 2 aliphatic rings. The molecule has 0 unspecified atom stereocenters. The topological polar surface area (TPSA) is 68.3 Å². The third-order valence-corrected chi connectivity index (χ3v) is 7.09. The van der Waals surface area contributed by atoms with Crippen LogP contribution in [-0.4, -0.2) is 67.7 Å². The largest absolute Gasteiger partial charge is 0.493 e. The van der Waals surface area contributed by atoms with Crippen LogP contribution in [0.15, 0.2) is 78.9 Å². The summed E-state index contributed by atoms with van der Waals surface area (Å²) in [5, 5.41) is 0. The first-order chi connectivity index (χ1) is 18.1. The van der Waals surface area contributed by atoms with Crippen molar-refractivity contribution in [3.8, 4) is 11.5 Å². The Kier molecular flexibility index (Phi) is 7.08. The molecule has 0 atom stereocenters. The van der Waals surface area contributed by atoms with Gasteiger partial charge in [-0.1, -0.05) is 54.6 Å². The second kappa shape index (κ2) is 10.6. The molecule has 7 heteroatoms. The van der Waals surface area contributed by atoms with E-state index in [2.05, 4.69) is 17.0 Å². The monoisotopic (exact) mass is 498 g/mol. The summed E-state index contributed by atoms with van der Waals surface area (Å²) in [6.45, 7) is 3.13. The molecule has 0 bridgehead atoms. The molecule has 0 saturated carbocycles. The van der Waals surface area contributed by atoms with Crippen LogP contribution in [-0.2, 0) is 11.3 Å². The summed E-state index contributed by atoms with van der Waals surface area (Å²) in [7, 11) is 3.08. The van der Waals surface area contributed by atoms with Gasteiger partial charge in [-0.3, -0.25) is 14.5 Å². The molecule has 2 aliphatic heterocycles. The van der Waals surface area contributed by atoms with Crippen molar-refractivity contribution < 1.29 is 23.8 Å². The zero-order valence-corrected chi connectivity index (χ0v) is 21.1. The zero-order chi connectivity index (χ0) is 25.8. The molecular weight excluding hydrogens is 468 g/mol. The SMILES string of the molecule is COc1ccc(C(=O)/C=C/c2ccccc2C(=O)N2CCN(Cc3ccccc3)C23COC3)cc1OC. The van der Waals surface area contributed by atoms with Gasteiger partial charge in [0, 0.05) is 30.8 Å². The minimum atomic E-state index is -0.445. The van der Waals surface area contributed by atoms with Gasteiger partial charge in [-0.2, -0.15) is 0 Å². The molecule has 0 N–H and O–H groups in total. The van der Waals surface area contributed by atoms with Crippen molar-refractivity contribution in [1.29, 1.82) is 0 Å². The highest BCUT2D eigenvalue weighted by Gasteiger charge is 2.54. The standard InChI is InChI=1S/C30H30N2O5/c1-35-27-15-13-24(18-28(27)36-2)26(33)14-12-23-10-6-7-11-25(23)29(34)32-17-16-31(30(32)20-37-21-30)19-22-8-4-3-5-9-22/h3-15,18H,16-17,19-21H2,1-2H3/b14-12+. The second-order valence-electron chi connectivity index (χ2n) is 9.19. The summed E-state index contributed by atoms with van der Waals surface area (Å²) in [5.41, 5.74) is 2.49. The number of nitrogens with zero attached hydrogens (tertiary/aromatic N) is 2. The van der Waals surface area contributed by atoms with Gasteiger partial charge < -0.3 is 19.1 Å². The number of allylic oxidation sites excluding steroid dienone is 1. The first-order valence-electron chi connectivity index (χ1n) is 12.3. The van der Waals surface area contributed by atoms with Crippen molar-refractivity contribution >= 4 is 17.8 Å². The van der Waals surface area contributed by atoms with Crippen LogP contribution < -0.4 is 9.47 Å². The molecule has 3 aromatic rings. The molecule has 1 amide bonds. The number of amides is 1. The molecule has 5 rings (SSSR count). The highest BCUT2D eigenvalue weighted by atomic mass is 16.5. The van der Waals surface area contributed by atoms with Gasteiger partial charge in [0.05, 0.1) is 27.4 Å². The number of rotatable bonds is 8. The predicted octanol–water partition coefficient (Wildman–Crippen LogP) is 4.28. The number of carbonyl (C=O) groups excluding carboxylic acids is 2. The lowest BCUT2D eigenvalue weighted by atomic mass is 10.0. The molecule has 190 valence electrons. The van der Waals surface area contributed by atoms with E-state index in [1.54, 1.807) is 31.4 Å². The third-order valence-electron chi connectivity index (χ3n) is 7.09. The first-order valence-corrected chi connectivity index (χ1v) is 12.3. The molecule has 2 fully saturated rings. The highest BCUT2D eigenvalue weighted by molar-refractivity contribution is 6.08. The smallest absolute Gasteiger partial charge is 0.256 e. The van der Waals surface area contributed by atoms with Gasteiger partial charge in [0.25, 0.3) is 5.91 Å². The lowest BCUT2D eigenvalue weighted by molar-refractivity contribution is -0.176. The van der Waals surface area contributed by atoms with Gasteiger partial charge in [0.1, 0.15) is 5.66 Å². The number of hydrogen-bond acceptors (Lipinski definition) is 6. The van der Waals surface area contributed by atoms with Gasteiger partial charge in [-0.15, -0.1) is 0 Å². The molecule has 2 saturated heterocycles. The van der Waals surface area contributed by atoms with Gasteiger partial charge in [-0.05, 0) is 41.5 Å². The summed E-state index contributed by atoms with van der Waals surface area (Å²) < 4.78 is 16.2. The number of hydrogen-bond donors (Lipinski definition) is 0. The van der Waals surface area contributed by atoms with Crippen LogP contribution in [0.1, 0.15) is 31.8 Å². The van der Waals surface area contributed by atoms with Gasteiger partial charge >= 0.3 is 0 Å². The molecule has 3 aromatic carbocycles. The van der Waals surface area contributed by atoms with E-state index in [1.807, 2.05) is 47.4 Å². The summed E-state index contributed by atoms with van der Waals surface area (Å²) in [5.74, 6) is 0.791. The van der Waals surface area contributed by atoms with Crippen LogP contribution in [0.2, 0.25) is 0 Å². The Morgan fingerprint density at radius 2 is 1.65 bits per heavy atom. The van der Waals surface area contributed by atoms with Gasteiger partial charge in [0.15, 0.2) is 17.3 Å². The maximum absolute atomic E-state index is 13.8. The van der Waals surface area contributed by atoms with Crippen LogP contribution in [0.25, 0.3) is 6.08 Å². The summed E-state index contributed by atoms with van der Waals surface area (Å²) in [6, 6.07) is 22.7. The minimum Gasteiger partial charge on any atom is -0.493 e. The minimum absolute atomic E-state index is 0.0577. The van der Waals surface area contributed by atoms with Gasteiger partial charge in [-0.25, -0.2) is 0 Å². The Labute approximate surface area is 216 Å². The van der Waals surface area contributed by atoms with E-state index in [4.69, 9.17) is 14.2 Å². The fourth-order valence-corrected chi connectivity index (χ4v) is 4.98. The molecule has 2 heterocycles. The number of methoxy groups -OCH3 is 2. The quantitative estimate of drug-likeness (QED) is 0.341. The molecule has 0 aliphatic carbocycles. The average molecular weight is 499 g/mol. The molecular formula is C30H30N2O5. The Morgan fingerprint density at radius 1 is 0.919 bits per heavy atom. The Balaban J connectivity index is 1.36. The lowest BCUT2D eigenvalue weighted by Gasteiger charge is -2.49. The lowest BCUT2D eigenvalue weighted by Crippen LogP contribution is -2.67. The van der Waals surface area contributed by atoms with Gasteiger partial charge in [0.2, 0.25) is 0 Å². The Bertz CT molecular complexity index is 1320. The van der Waals surface area contributed by atoms with Crippen LogP contribution in [0.4, 0.5) is 0 Å². The van der Waals surface area contributed by atoms with Crippen LogP contribution in [0.3, 0.4) is 0 Å². The summed E-state index contributed by atoms with van der Waals surface area (Å²) >= 11 is 0. The van der Waals surface area contributed by atoms with E-state index in [0.29, 0.717) is 47.9 Å². The number of ketones is 1. The molecule has 1 spiro atoms. The normalized spacial score (nSPS) is 16.6. The van der Waals surface area contributed by atoms with E-state index in [1.165, 1.54) is 18.7 Å². The molecule has 7 nitrogen and oxygen atoms in total. The highest BCUT2D eigenvalue weighted by Crippen LogP contribution is 2.37. The Hall–Kier alpha value is -3.94. The predicted molar refractivity (Wildman–Crippen MR) is 141 cm³/mol. The molecule has 0 radical (unpaired) electrons. The van der Waals surface area contributed by atoms with E-state index < -0.39 is 5.66 Å². The van der Waals surface area contributed by atoms with Crippen molar-refractivity contribution in [3.05, 3.63) is 101 Å². The molecule has 0 aromatic heterocycles. The number of carbonyl (C=O) groups is 2. The van der Waals surface area contributed by atoms with Crippen molar-refractivity contribution in [2.45, 2.75) is 12.2 Å². The van der Waals surface area contributed by atoms with Crippen molar-refractivity contribution in [2.24, 2.45) is 0 Å². The number of benzene rings is 3. The van der Waals surface area contributed by atoms with Crippen molar-refractivity contribution in [3.63, 3.8) is 0 Å². The molecule has 37 heavy (non-hydrogen) atoms. The van der Waals surface area contributed by atoms with Crippen molar-refractivity contribution in [2.75, 3.05) is 40.5 Å². The summed E-state index contributed by atoms with van der Waals surface area (Å²) in [6.07, 6.45) is 3.19. The third kappa shape index (κ3) is 4.75. The van der Waals surface area contributed by atoms with Crippen molar-refractivity contribution in [1.82, 2.24) is 9.80 Å². The average Bonchev–Trinajstić information content (AvgIpc) is 3.31. The van der Waals surface area contributed by atoms with E-state index in [9.17, 15) is 9.59 Å². The zero-order valence-electron chi connectivity index (χ0n) is 21.1. The number of ether oxygens (including phenoxy) is 3. The first kappa shape index (κ1) is 24.7. The summed E-state index contributed by atoms with van der Waals surface area (Å²) in [4.78, 5) is 31.0. The fraction of sp³-hybridized carbons (Fsp3) is 0.267. The van der Waals surface area contributed by atoms with E-state index >= 15 is 0 Å². The van der Waals surface area contributed by atoms with Crippen LogP contribution in [0, 0.1) is 0 Å². The maximum atomic E-state index is 13.8. The van der Waals surface area contributed by atoms with Crippen LogP contribution in [0.5, 0.6) is 11.5 Å². The maximum Gasteiger partial charge on any atom is 0.256 e. The fourth-order valence-electron chi connectivity index (χ4n) is 4.98. The van der Waals surface area contributed by atoms with E-state index in [-0.39, 0.29) is 11.7 Å². The van der Waals surface area contributed by atoms with E-state index in [0.717, 1.165) is 13.1 Å².